The van der Waals surface area contributed by atoms with Gasteiger partial charge in [-0.3, -0.25) is 9.36 Å². The molecule has 0 radical (unpaired) electrons. The molecule has 0 atom stereocenters. The second kappa shape index (κ2) is 9.06. The monoisotopic (exact) mass is 433 g/mol. The molecule has 10 heteroatoms. The highest BCUT2D eigenvalue weighted by Gasteiger charge is 2.20. The molecule has 3 rings (SSSR count). The van der Waals surface area contributed by atoms with E-state index in [0.29, 0.717) is 11.4 Å². The SMILES string of the molecule is COc1ccc(-c2cc(=O)n(CCNS(=O)(=O)c3cc(F)ccc3OC)cn2)cc1. The third-order valence-electron chi connectivity index (χ3n) is 4.33. The Morgan fingerprint density at radius 1 is 1.07 bits per heavy atom. The van der Waals surface area contributed by atoms with Crippen molar-refractivity contribution in [3.8, 4) is 22.8 Å². The van der Waals surface area contributed by atoms with Gasteiger partial charge in [0.05, 0.1) is 26.2 Å². The second-order valence-electron chi connectivity index (χ2n) is 6.23. The summed E-state index contributed by atoms with van der Waals surface area (Å²) in [6.07, 6.45) is 1.35. The number of rotatable bonds is 8. The first-order valence-electron chi connectivity index (χ1n) is 8.88. The average Bonchev–Trinajstić information content (AvgIpc) is 2.75. The predicted molar refractivity (Wildman–Crippen MR) is 109 cm³/mol. The predicted octanol–water partition coefficient (Wildman–Crippen LogP) is 2.05. The maximum absolute atomic E-state index is 13.5. The van der Waals surface area contributed by atoms with E-state index >= 15 is 0 Å². The molecule has 8 nitrogen and oxygen atoms in total. The smallest absolute Gasteiger partial charge is 0.253 e. The van der Waals surface area contributed by atoms with Crippen molar-refractivity contribution in [2.75, 3.05) is 20.8 Å². The largest absolute Gasteiger partial charge is 0.497 e. The summed E-state index contributed by atoms with van der Waals surface area (Å²) in [6.45, 7) is -0.0446. The van der Waals surface area contributed by atoms with Crippen molar-refractivity contribution >= 4 is 10.0 Å². The minimum atomic E-state index is -4.03. The van der Waals surface area contributed by atoms with Crippen LogP contribution in [0.1, 0.15) is 0 Å². The molecule has 158 valence electrons. The Kier molecular flexibility index (Phi) is 6.48. The fourth-order valence-corrected chi connectivity index (χ4v) is 3.95. The van der Waals surface area contributed by atoms with Crippen LogP contribution in [0.15, 0.2) is 64.5 Å². The number of benzene rings is 2. The molecular formula is C20H20FN3O5S. The highest BCUT2D eigenvalue weighted by atomic mass is 32.2. The second-order valence-corrected chi connectivity index (χ2v) is 7.96. The molecule has 0 fully saturated rings. The molecule has 0 saturated heterocycles. The van der Waals surface area contributed by atoms with Gasteiger partial charge in [-0.1, -0.05) is 0 Å². The van der Waals surface area contributed by atoms with E-state index in [0.717, 1.165) is 17.7 Å². The lowest BCUT2D eigenvalue weighted by molar-refractivity contribution is 0.400. The molecule has 0 spiro atoms. The third-order valence-corrected chi connectivity index (χ3v) is 5.81. The number of hydrogen-bond acceptors (Lipinski definition) is 6. The van der Waals surface area contributed by atoms with Crippen LogP contribution in [0.2, 0.25) is 0 Å². The van der Waals surface area contributed by atoms with Gasteiger partial charge >= 0.3 is 0 Å². The Morgan fingerprint density at radius 3 is 2.43 bits per heavy atom. The maximum Gasteiger partial charge on any atom is 0.253 e. The molecule has 3 aromatic rings. The van der Waals surface area contributed by atoms with Crippen LogP contribution in [-0.2, 0) is 16.6 Å². The Balaban J connectivity index is 1.70. The number of halogens is 1. The highest BCUT2D eigenvalue weighted by molar-refractivity contribution is 7.89. The summed E-state index contributed by atoms with van der Waals surface area (Å²) in [4.78, 5) is 16.3. The van der Waals surface area contributed by atoms with E-state index in [1.165, 1.54) is 30.1 Å². The van der Waals surface area contributed by atoms with Crippen molar-refractivity contribution in [2.45, 2.75) is 11.4 Å². The molecule has 0 aliphatic heterocycles. The van der Waals surface area contributed by atoms with Gasteiger partial charge in [0.1, 0.15) is 22.2 Å². The first kappa shape index (κ1) is 21.5. The van der Waals surface area contributed by atoms with Gasteiger partial charge in [-0.05, 0) is 42.5 Å². The van der Waals surface area contributed by atoms with Crippen LogP contribution in [0, 0.1) is 5.82 Å². The summed E-state index contributed by atoms with van der Waals surface area (Å²) in [7, 11) is -1.17. The number of nitrogens with zero attached hydrogens (tertiary/aromatic N) is 2. The fourth-order valence-electron chi connectivity index (χ4n) is 2.75. The van der Waals surface area contributed by atoms with Crippen LogP contribution >= 0.6 is 0 Å². The molecule has 0 aliphatic carbocycles. The summed E-state index contributed by atoms with van der Waals surface area (Å²) in [5.74, 6) is 0.00611. The van der Waals surface area contributed by atoms with Crippen molar-refractivity contribution in [3.05, 3.63) is 71.0 Å². The van der Waals surface area contributed by atoms with E-state index in [1.54, 1.807) is 31.4 Å². The molecule has 1 N–H and O–H groups in total. The van der Waals surface area contributed by atoms with Crippen molar-refractivity contribution < 1.29 is 22.3 Å². The number of sulfonamides is 1. The van der Waals surface area contributed by atoms with Gasteiger partial charge in [0.25, 0.3) is 5.56 Å². The van der Waals surface area contributed by atoms with E-state index in [-0.39, 0.29) is 29.3 Å². The molecule has 0 saturated carbocycles. The Morgan fingerprint density at radius 2 is 1.80 bits per heavy atom. The minimum Gasteiger partial charge on any atom is -0.497 e. The first-order valence-corrected chi connectivity index (χ1v) is 10.4. The molecule has 2 aromatic carbocycles. The molecule has 0 aliphatic rings. The normalized spacial score (nSPS) is 11.3. The van der Waals surface area contributed by atoms with Crippen LogP contribution in [0.5, 0.6) is 11.5 Å². The zero-order valence-corrected chi connectivity index (χ0v) is 17.1. The molecule has 0 unspecified atom stereocenters. The number of nitrogens with one attached hydrogen (secondary N) is 1. The fraction of sp³-hybridized carbons (Fsp3) is 0.200. The van der Waals surface area contributed by atoms with E-state index in [2.05, 4.69) is 9.71 Å². The standard InChI is InChI=1S/C20H20FN3O5S/c1-28-16-6-3-14(4-7-16)17-12-20(25)24(13-22-17)10-9-23-30(26,27)19-11-15(21)5-8-18(19)29-2/h3-8,11-13,23H,9-10H2,1-2H3. The number of aromatic nitrogens is 2. The average molecular weight is 433 g/mol. The Bertz CT molecular complexity index is 1190. The van der Waals surface area contributed by atoms with Gasteiger partial charge < -0.3 is 9.47 Å². The van der Waals surface area contributed by atoms with Crippen LogP contribution in [0.25, 0.3) is 11.3 Å². The first-order chi connectivity index (χ1) is 14.3. The molecule has 0 bridgehead atoms. The van der Waals surface area contributed by atoms with E-state index in [9.17, 15) is 17.6 Å². The van der Waals surface area contributed by atoms with Gasteiger partial charge in [-0.25, -0.2) is 22.5 Å². The van der Waals surface area contributed by atoms with Crippen LogP contribution in [-0.4, -0.2) is 38.7 Å². The van der Waals surface area contributed by atoms with Gasteiger partial charge in [0.2, 0.25) is 10.0 Å². The van der Waals surface area contributed by atoms with Crippen molar-refractivity contribution in [1.82, 2.24) is 14.3 Å². The summed E-state index contributed by atoms with van der Waals surface area (Å²) < 4.78 is 52.1. The van der Waals surface area contributed by atoms with E-state index in [4.69, 9.17) is 9.47 Å². The van der Waals surface area contributed by atoms with Crippen LogP contribution in [0.4, 0.5) is 4.39 Å². The van der Waals surface area contributed by atoms with Gasteiger partial charge in [-0.15, -0.1) is 0 Å². The van der Waals surface area contributed by atoms with Crippen molar-refractivity contribution in [2.24, 2.45) is 0 Å². The molecule has 30 heavy (non-hydrogen) atoms. The molecule has 1 aromatic heterocycles. The lowest BCUT2D eigenvalue weighted by Crippen LogP contribution is -2.31. The topological polar surface area (TPSA) is 99.5 Å². The third kappa shape index (κ3) is 4.84. The van der Waals surface area contributed by atoms with Crippen molar-refractivity contribution in [3.63, 3.8) is 0 Å². The molecular weight excluding hydrogens is 413 g/mol. The summed E-state index contributed by atoms with van der Waals surface area (Å²) >= 11 is 0. The zero-order chi connectivity index (χ0) is 21.7. The molecule has 0 amide bonds. The van der Waals surface area contributed by atoms with Crippen LogP contribution < -0.4 is 19.8 Å². The summed E-state index contributed by atoms with van der Waals surface area (Å²) in [5.41, 5.74) is 0.904. The lowest BCUT2D eigenvalue weighted by atomic mass is 10.1. The van der Waals surface area contributed by atoms with E-state index < -0.39 is 15.8 Å². The number of hydrogen-bond donors (Lipinski definition) is 1. The lowest BCUT2D eigenvalue weighted by Gasteiger charge is -2.11. The zero-order valence-electron chi connectivity index (χ0n) is 16.3. The van der Waals surface area contributed by atoms with Gasteiger partial charge in [-0.2, -0.15) is 0 Å². The van der Waals surface area contributed by atoms with Crippen LogP contribution in [0.3, 0.4) is 0 Å². The minimum absolute atomic E-state index is 0.0200. The van der Waals surface area contributed by atoms with Crippen molar-refractivity contribution in [1.29, 1.82) is 0 Å². The molecule has 1 heterocycles. The van der Waals surface area contributed by atoms with E-state index in [1.807, 2.05) is 0 Å². The number of ether oxygens (including phenoxy) is 2. The highest BCUT2D eigenvalue weighted by Crippen LogP contribution is 2.24. The Labute approximate surface area is 173 Å². The summed E-state index contributed by atoms with van der Waals surface area (Å²) in [6, 6.07) is 11.7. The summed E-state index contributed by atoms with van der Waals surface area (Å²) in [5, 5.41) is 0. The Hall–Kier alpha value is -3.24. The van der Waals surface area contributed by atoms with Gasteiger partial charge in [0, 0.05) is 24.7 Å². The maximum atomic E-state index is 13.5. The van der Waals surface area contributed by atoms with Gasteiger partial charge in [0.15, 0.2) is 0 Å². The number of methoxy groups -OCH3 is 2. The quantitative estimate of drug-likeness (QED) is 0.584.